The predicted molar refractivity (Wildman–Crippen MR) is 72.8 cm³/mol. The van der Waals surface area contributed by atoms with Crippen molar-refractivity contribution in [1.29, 1.82) is 0 Å². The molecule has 0 aromatic rings. The third-order valence-electron chi connectivity index (χ3n) is 4.07. The first-order chi connectivity index (χ1) is 8.53. The van der Waals surface area contributed by atoms with Crippen molar-refractivity contribution in [3.63, 3.8) is 0 Å². The molecular formula is C12H25N3O2S. The number of nitrogens with zero attached hydrogens (tertiary/aromatic N) is 2. The zero-order chi connectivity index (χ0) is 13.2. The van der Waals surface area contributed by atoms with E-state index < -0.39 is 10.0 Å². The van der Waals surface area contributed by atoms with E-state index in [2.05, 4.69) is 4.90 Å². The van der Waals surface area contributed by atoms with Crippen LogP contribution in [0.5, 0.6) is 0 Å². The Hall–Kier alpha value is -0.170. The molecule has 2 aliphatic rings. The second kappa shape index (κ2) is 5.86. The van der Waals surface area contributed by atoms with Gasteiger partial charge in [-0.05, 0) is 38.8 Å². The molecule has 0 radical (unpaired) electrons. The Kier molecular flexibility index (Phi) is 4.64. The molecule has 0 aromatic heterocycles. The van der Waals surface area contributed by atoms with E-state index >= 15 is 0 Å². The van der Waals surface area contributed by atoms with E-state index in [0.717, 1.165) is 32.4 Å². The first-order valence-electron chi connectivity index (χ1n) is 7.00. The Morgan fingerprint density at radius 2 is 1.83 bits per heavy atom. The van der Waals surface area contributed by atoms with Crippen molar-refractivity contribution in [2.75, 3.05) is 31.9 Å². The minimum atomic E-state index is -3.01. The first kappa shape index (κ1) is 14.2. The SMILES string of the molecule is CCCS(=O)(=O)N1CCC(N2CCC(N)CC2)C1. The molecule has 2 N–H and O–H groups in total. The van der Waals surface area contributed by atoms with Crippen LogP contribution in [0.3, 0.4) is 0 Å². The Labute approximate surface area is 110 Å². The van der Waals surface area contributed by atoms with Crippen LogP contribution in [-0.4, -0.2) is 61.6 Å². The van der Waals surface area contributed by atoms with E-state index in [0.29, 0.717) is 31.6 Å². The van der Waals surface area contributed by atoms with Gasteiger partial charge in [-0.1, -0.05) is 6.92 Å². The van der Waals surface area contributed by atoms with E-state index in [-0.39, 0.29) is 5.75 Å². The smallest absolute Gasteiger partial charge is 0.214 e. The number of piperidine rings is 1. The highest BCUT2D eigenvalue weighted by atomic mass is 32.2. The molecule has 0 bridgehead atoms. The van der Waals surface area contributed by atoms with E-state index in [9.17, 15) is 8.42 Å². The van der Waals surface area contributed by atoms with Gasteiger partial charge in [-0.15, -0.1) is 0 Å². The van der Waals surface area contributed by atoms with Crippen molar-refractivity contribution in [1.82, 2.24) is 9.21 Å². The predicted octanol–water partition coefficient (Wildman–Crippen LogP) is 0.224. The quantitative estimate of drug-likeness (QED) is 0.797. The molecule has 5 nitrogen and oxygen atoms in total. The molecule has 0 amide bonds. The van der Waals surface area contributed by atoms with Gasteiger partial charge in [0.15, 0.2) is 0 Å². The highest BCUT2D eigenvalue weighted by Gasteiger charge is 2.34. The molecule has 0 aromatic carbocycles. The minimum Gasteiger partial charge on any atom is -0.328 e. The molecule has 2 heterocycles. The second-order valence-corrected chi connectivity index (χ2v) is 7.58. The number of likely N-dealkylation sites (tertiary alicyclic amines) is 1. The summed E-state index contributed by atoms with van der Waals surface area (Å²) in [6, 6.07) is 0.742. The Morgan fingerprint density at radius 1 is 1.17 bits per heavy atom. The molecule has 6 heteroatoms. The van der Waals surface area contributed by atoms with Crippen molar-refractivity contribution >= 4 is 10.0 Å². The maximum Gasteiger partial charge on any atom is 0.214 e. The normalized spacial score (nSPS) is 28.9. The molecule has 2 saturated heterocycles. The fourth-order valence-electron chi connectivity index (χ4n) is 2.93. The monoisotopic (exact) mass is 275 g/mol. The second-order valence-electron chi connectivity index (χ2n) is 5.49. The lowest BCUT2D eigenvalue weighted by atomic mass is 10.0. The van der Waals surface area contributed by atoms with Crippen LogP contribution in [0.2, 0.25) is 0 Å². The Bertz CT molecular complexity index is 364. The summed E-state index contributed by atoms with van der Waals surface area (Å²) < 4.78 is 25.7. The van der Waals surface area contributed by atoms with Crippen LogP contribution in [0.25, 0.3) is 0 Å². The molecule has 1 unspecified atom stereocenters. The first-order valence-corrected chi connectivity index (χ1v) is 8.61. The molecule has 18 heavy (non-hydrogen) atoms. The minimum absolute atomic E-state index is 0.282. The van der Waals surface area contributed by atoms with Crippen molar-refractivity contribution in [3.8, 4) is 0 Å². The summed E-state index contributed by atoms with van der Waals surface area (Å²) >= 11 is 0. The number of rotatable bonds is 4. The fraction of sp³-hybridized carbons (Fsp3) is 1.00. The zero-order valence-corrected chi connectivity index (χ0v) is 12.0. The van der Waals surface area contributed by atoms with Crippen LogP contribution in [0.15, 0.2) is 0 Å². The fourth-order valence-corrected chi connectivity index (χ4v) is 4.49. The van der Waals surface area contributed by atoms with E-state index in [1.807, 2.05) is 6.92 Å². The van der Waals surface area contributed by atoms with E-state index in [4.69, 9.17) is 5.73 Å². The average molecular weight is 275 g/mol. The molecule has 2 fully saturated rings. The summed E-state index contributed by atoms with van der Waals surface area (Å²) in [5.74, 6) is 0.282. The van der Waals surface area contributed by atoms with Gasteiger partial charge in [0, 0.05) is 25.2 Å². The van der Waals surface area contributed by atoms with Gasteiger partial charge in [-0.25, -0.2) is 12.7 Å². The molecule has 106 valence electrons. The highest BCUT2D eigenvalue weighted by molar-refractivity contribution is 7.89. The lowest BCUT2D eigenvalue weighted by Crippen LogP contribution is -2.46. The van der Waals surface area contributed by atoms with Crippen LogP contribution in [-0.2, 0) is 10.0 Å². The number of sulfonamides is 1. The maximum atomic E-state index is 12.0. The number of hydrogen-bond acceptors (Lipinski definition) is 4. The molecule has 2 rings (SSSR count). The summed E-state index contributed by atoms with van der Waals surface area (Å²) in [7, 11) is -3.01. The van der Waals surface area contributed by atoms with Gasteiger partial charge in [-0.2, -0.15) is 0 Å². The van der Waals surface area contributed by atoms with Crippen molar-refractivity contribution in [3.05, 3.63) is 0 Å². The van der Waals surface area contributed by atoms with Gasteiger partial charge < -0.3 is 5.73 Å². The summed E-state index contributed by atoms with van der Waals surface area (Å²) in [5, 5.41) is 0. The van der Waals surface area contributed by atoms with Gasteiger partial charge in [-0.3, -0.25) is 4.90 Å². The zero-order valence-electron chi connectivity index (χ0n) is 11.2. The van der Waals surface area contributed by atoms with Crippen LogP contribution >= 0.6 is 0 Å². The van der Waals surface area contributed by atoms with Crippen LogP contribution in [0.1, 0.15) is 32.6 Å². The maximum absolute atomic E-state index is 12.0. The number of hydrogen-bond donors (Lipinski definition) is 1. The number of nitrogens with two attached hydrogens (primary N) is 1. The summed E-state index contributed by atoms with van der Waals surface area (Å²) in [5.41, 5.74) is 5.90. The van der Waals surface area contributed by atoms with Crippen molar-refractivity contribution in [2.45, 2.75) is 44.7 Å². The lowest BCUT2D eigenvalue weighted by molar-refractivity contribution is 0.159. The third kappa shape index (κ3) is 3.23. The lowest BCUT2D eigenvalue weighted by Gasteiger charge is -2.34. The molecule has 0 spiro atoms. The molecule has 0 saturated carbocycles. The highest BCUT2D eigenvalue weighted by Crippen LogP contribution is 2.22. The van der Waals surface area contributed by atoms with Gasteiger partial charge >= 0.3 is 0 Å². The third-order valence-corrected chi connectivity index (χ3v) is 6.11. The van der Waals surface area contributed by atoms with E-state index in [1.165, 1.54) is 0 Å². The van der Waals surface area contributed by atoms with Gasteiger partial charge in [0.2, 0.25) is 10.0 Å². The molecular weight excluding hydrogens is 250 g/mol. The van der Waals surface area contributed by atoms with Gasteiger partial charge in [0.05, 0.1) is 5.75 Å². The van der Waals surface area contributed by atoms with Gasteiger partial charge in [0.1, 0.15) is 0 Å². The largest absolute Gasteiger partial charge is 0.328 e. The molecule has 1 atom stereocenters. The van der Waals surface area contributed by atoms with Crippen molar-refractivity contribution in [2.24, 2.45) is 5.73 Å². The summed E-state index contributed by atoms with van der Waals surface area (Å²) in [4.78, 5) is 2.42. The standard InChI is InChI=1S/C12H25N3O2S/c1-2-9-18(16,17)15-8-5-12(10-15)14-6-3-11(13)4-7-14/h11-12H,2-10,13H2,1H3. The van der Waals surface area contributed by atoms with Crippen molar-refractivity contribution < 1.29 is 8.42 Å². The summed E-state index contributed by atoms with van der Waals surface area (Å²) in [6.07, 6.45) is 3.75. The molecule has 2 aliphatic heterocycles. The Morgan fingerprint density at radius 3 is 2.44 bits per heavy atom. The van der Waals surface area contributed by atoms with Crippen LogP contribution in [0.4, 0.5) is 0 Å². The van der Waals surface area contributed by atoms with Gasteiger partial charge in [0.25, 0.3) is 0 Å². The van der Waals surface area contributed by atoms with E-state index in [1.54, 1.807) is 4.31 Å². The molecule has 0 aliphatic carbocycles. The van der Waals surface area contributed by atoms with Crippen LogP contribution in [0, 0.1) is 0 Å². The average Bonchev–Trinajstić information content (AvgIpc) is 2.80. The Balaban J connectivity index is 1.88. The summed E-state index contributed by atoms with van der Waals surface area (Å²) in [6.45, 7) is 5.32. The topological polar surface area (TPSA) is 66.6 Å². The van der Waals surface area contributed by atoms with Crippen LogP contribution < -0.4 is 5.73 Å².